The first kappa shape index (κ1) is 17.1. The van der Waals surface area contributed by atoms with Crippen LogP contribution in [0.1, 0.15) is 59.3 Å². The minimum Gasteiger partial charge on any atom is -0.312 e. The molecule has 5 heteroatoms. The Balaban J connectivity index is 3.62. The molecule has 1 atom stereocenters. The standard InChI is InChI=1S/C12H28NO3P/c1-4-7-8-9-10-11-12-16-17(14,15)13(5-2)6-3/h4-12H2,1-3H3,(H,14,15). The van der Waals surface area contributed by atoms with Crippen molar-refractivity contribution < 1.29 is 14.0 Å². The molecular weight excluding hydrogens is 237 g/mol. The van der Waals surface area contributed by atoms with Crippen LogP contribution in [0.4, 0.5) is 0 Å². The summed E-state index contributed by atoms with van der Waals surface area (Å²) in [5, 5.41) is 0. The Bertz CT molecular complexity index is 220. The lowest BCUT2D eigenvalue weighted by Gasteiger charge is -2.23. The molecule has 1 unspecified atom stereocenters. The van der Waals surface area contributed by atoms with E-state index < -0.39 is 7.75 Å². The van der Waals surface area contributed by atoms with Gasteiger partial charge in [0.2, 0.25) is 0 Å². The molecule has 0 aromatic heterocycles. The fraction of sp³-hybridized carbons (Fsp3) is 1.00. The first-order valence-corrected chi connectivity index (χ1v) is 8.34. The second-order valence-electron chi connectivity index (χ2n) is 4.23. The molecule has 0 aliphatic heterocycles. The van der Waals surface area contributed by atoms with E-state index in [1.165, 1.54) is 30.4 Å². The highest BCUT2D eigenvalue weighted by atomic mass is 31.2. The minimum atomic E-state index is -3.53. The molecule has 0 aliphatic carbocycles. The van der Waals surface area contributed by atoms with Crippen molar-refractivity contribution in [1.29, 1.82) is 0 Å². The summed E-state index contributed by atoms with van der Waals surface area (Å²) in [5.41, 5.74) is 0. The maximum absolute atomic E-state index is 11.8. The third-order valence-corrected chi connectivity index (χ3v) is 4.64. The van der Waals surface area contributed by atoms with E-state index in [0.717, 1.165) is 12.8 Å². The van der Waals surface area contributed by atoms with Crippen LogP contribution in [0.25, 0.3) is 0 Å². The summed E-state index contributed by atoms with van der Waals surface area (Å²) in [6, 6.07) is 0. The summed E-state index contributed by atoms with van der Waals surface area (Å²) >= 11 is 0. The van der Waals surface area contributed by atoms with Crippen molar-refractivity contribution in [3.05, 3.63) is 0 Å². The molecule has 17 heavy (non-hydrogen) atoms. The molecule has 0 aliphatic rings. The van der Waals surface area contributed by atoms with Crippen molar-refractivity contribution in [2.24, 2.45) is 0 Å². The molecule has 0 fully saturated rings. The first-order chi connectivity index (χ1) is 8.08. The number of hydrogen-bond donors (Lipinski definition) is 1. The highest BCUT2D eigenvalue weighted by molar-refractivity contribution is 7.50. The number of rotatable bonds is 11. The third kappa shape index (κ3) is 7.93. The van der Waals surface area contributed by atoms with Gasteiger partial charge in [0.15, 0.2) is 0 Å². The van der Waals surface area contributed by atoms with E-state index in [1.54, 1.807) is 0 Å². The van der Waals surface area contributed by atoms with Gasteiger partial charge in [-0.05, 0) is 6.42 Å². The van der Waals surface area contributed by atoms with Gasteiger partial charge in [0.05, 0.1) is 6.61 Å². The van der Waals surface area contributed by atoms with Gasteiger partial charge in [-0.2, -0.15) is 0 Å². The van der Waals surface area contributed by atoms with Crippen LogP contribution in [0.5, 0.6) is 0 Å². The van der Waals surface area contributed by atoms with Crippen LogP contribution < -0.4 is 0 Å². The molecule has 0 spiro atoms. The fourth-order valence-electron chi connectivity index (χ4n) is 1.73. The Hall–Kier alpha value is 0.110. The molecule has 0 radical (unpaired) electrons. The van der Waals surface area contributed by atoms with E-state index in [0.29, 0.717) is 19.7 Å². The summed E-state index contributed by atoms with van der Waals surface area (Å²) in [7, 11) is -3.53. The second kappa shape index (κ2) is 10.1. The number of unbranched alkanes of at least 4 members (excludes halogenated alkanes) is 5. The normalized spacial score (nSPS) is 15.1. The summed E-state index contributed by atoms with van der Waals surface area (Å²) in [5.74, 6) is 0. The fourth-order valence-corrected chi connectivity index (χ4v) is 2.97. The van der Waals surface area contributed by atoms with Crippen molar-refractivity contribution in [2.75, 3.05) is 19.7 Å². The van der Waals surface area contributed by atoms with Crippen molar-refractivity contribution in [3.8, 4) is 0 Å². The van der Waals surface area contributed by atoms with Crippen LogP contribution in [0.15, 0.2) is 0 Å². The lowest BCUT2D eigenvalue weighted by atomic mass is 10.1. The van der Waals surface area contributed by atoms with Gasteiger partial charge in [0.25, 0.3) is 0 Å². The van der Waals surface area contributed by atoms with Gasteiger partial charge in [-0.1, -0.05) is 52.9 Å². The SMILES string of the molecule is CCCCCCCCOP(=O)(O)N(CC)CC. The lowest BCUT2D eigenvalue weighted by molar-refractivity contribution is 0.202. The van der Waals surface area contributed by atoms with Gasteiger partial charge in [-0.25, -0.2) is 9.24 Å². The maximum Gasteiger partial charge on any atom is 0.405 e. The van der Waals surface area contributed by atoms with E-state index in [2.05, 4.69) is 6.92 Å². The average Bonchev–Trinajstić information content (AvgIpc) is 2.29. The molecule has 1 N–H and O–H groups in total. The van der Waals surface area contributed by atoms with Crippen molar-refractivity contribution in [3.63, 3.8) is 0 Å². The molecular formula is C12H28NO3P. The third-order valence-electron chi connectivity index (χ3n) is 2.84. The second-order valence-corrected chi connectivity index (χ2v) is 6.04. The lowest BCUT2D eigenvalue weighted by Crippen LogP contribution is -2.20. The largest absolute Gasteiger partial charge is 0.405 e. The summed E-state index contributed by atoms with van der Waals surface area (Å²) in [4.78, 5) is 9.67. The van der Waals surface area contributed by atoms with Gasteiger partial charge < -0.3 is 4.89 Å². The Morgan fingerprint density at radius 2 is 1.53 bits per heavy atom. The van der Waals surface area contributed by atoms with E-state index in [9.17, 15) is 9.46 Å². The molecule has 0 saturated heterocycles. The van der Waals surface area contributed by atoms with Crippen molar-refractivity contribution >= 4 is 7.75 Å². The number of nitrogens with zero attached hydrogens (tertiary/aromatic N) is 1. The Morgan fingerprint density at radius 3 is 2.06 bits per heavy atom. The van der Waals surface area contributed by atoms with Crippen LogP contribution in [-0.4, -0.2) is 29.3 Å². The Morgan fingerprint density at radius 1 is 1.00 bits per heavy atom. The smallest absolute Gasteiger partial charge is 0.312 e. The number of hydrogen-bond acceptors (Lipinski definition) is 2. The predicted molar refractivity (Wildman–Crippen MR) is 72.1 cm³/mol. The van der Waals surface area contributed by atoms with Gasteiger partial charge in [-0.3, -0.25) is 4.52 Å². The summed E-state index contributed by atoms with van der Waals surface area (Å²) < 4.78 is 18.4. The highest BCUT2D eigenvalue weighted by Gasteiger charge is 2.26. The van der Waals surface area contributed by atoms with Gasteiger partial charge in [0, 0.05) is 13.1 Å². The summed E-state index contributed by atoms with van der Waals surface area (Å²) in [6.07, 6.45) is 6.92. The molecule has 4 nitrogen and oxygen atoms in total. The molecule has 0 heterocycles. The van der Waals surface area contributed by atoms with Crippen LogP contribution in [0, 0.1) is 0 Å². The highest BCUT2D eigenvalue weighted by Crippen LogP contribution is 2.45. The topological polar surface area (TPSA) is 49.8 Å². The zero-order valence-corrected chi connectivity index (χ0v) is 12.4. The molecule has 0 amide bonds. The van der Waals surface area contributed by atoms with E-state index >= 15 is 0 Å². The Labute approximate surface area is 106 Å². The van der Waals surface area contributed by atoms with Crippen molar-refractivity contribution in [1.82, 2.24) is 4.67 Å². The maximum atomic E-state index is 11.8. The zero-order chi connectivity index (χ0) is 13.1. The van der Waals surface area contributed by atoms with Gasteiger partial charge in [0.1, 0.15) is 0 Å². The van der Waals surface area contributed by atoms with Gasteiger partial charge >= 0.3 is 7.75 Å². The molecule has 0 aromatic carbocycles. The Kier molecular flexibility index (Phi) is 10.1. The first-order valence-electron chi connectivity index (χ1n) is 6.81. The monoisotopic (exact) mass is 265 g/mol. The molecule has 0 bridgehead atoms. The summed E-state index contributed by atoms with van der Waals surface area (Å²) in [6.45, 7) is 7.38. The predicted octanol–water partition coefficient (Wildman–Crippen LogP) is 3.81. The van der Waals surface area contributed by atoms with Crippen LogP contribution in [0.2, 0.25) is 0 Å². The van der Waals surface area contributed by atoms with E-state index in [1.807, 2.05) is 13.8 Å². The molecule has 0 rings (SSSR count). The van der Waals surface area contributed by atoms with Crippen LogP contribution in [0.3, 0.4) is 0 Å². The van der Waals surface area contributed by atoms with Crippen molar-refractivity contribution in [2.45, 2.75) is 59.3 Å². The minimum absolute atomic E-state index is 0.385. The molecule has 0 saturated carbocycles. The van der Waals surface area contributed by atoms with Crippen LogP contribution in [-0.2, 0) is 9.09 Å². The zero-order valence-electron chi connectivity index (χ0n) is 11.5. The van der Waals surface area contributed by atoms with E-state index in [-0.39, 0.29) is 0 Å². The molecule has 104 valence electrons. The average molecular weight is 265 g/mol. The van der Waals surface area contributed by atoms with E-state index in [4.69, 9.17) is 4.52 Å². The quantitative estimate of drug-likeness (QED) is 0.456. The van der Waals surface area contributed by atoms with Gasteiger partial charge in [-0.15, -0.1) is 0 Å². The van der Waals surface area contributed by atoms with Crippen LogP contribution >= 0.6 is 7.75 Å². The molecule has 0 aromatic rings.